The normalized spacial score (nSPS) is 23.0. The average Bonchev–Trinajstić information content (AvgIpc) is 3.46. The number of aromatic nitrogens is 1. The summed E-state index contributed by atoms with van der Waals surface area (Å²) in [6.45, 7) is 4.19. The zero-order valence-corrected chi connectivity index (χ0v) is 16.7. The smallest absolute Gasteiger partial charge is 0.289 e. The van der Waals surface area contributed by atoms with Gasteiger partial charge in [0.25, 0.3) is 11.8 Å². The fourth-order valence-electron chi connectivity index (χ4n) is 4.53. The van der Waals surface area contributed by atoms with Crippen LogP contribution in [0, 0.1) is 18.8 Å². The van der Waals surface area contributed by atoms with Gasteiger partial charge in [-0.2, -0.15) is 0 Å². The Hall–Kier alpha value is -3.19. The molecule has 0 bridgehead atoms. The van der Waals surface area contributed by atoms with E-state index < -0.39 is 0 Å². The summed E-state index contributed by atoms with van der Waals surface area (Å²) < 4.78 is 11.8. The third kappa shape index (κ3) is 3.25. The number of amides is 2. The molecule has 2 amide bonds. The van der Waals surface area contributed by atoms with Crippen molar-refractivity contribution in [3.8, 4) is 0 Å². The van der Waals surface area contributed by atoms with E-state index in [0.717, 1.165) is 16.5 Å². The molecule has 2 aliphatic heterocycles. The molecule has 2 aromatic heterocycles. The average molecular weight is 405 g/mol. The molecular weight excluding hydrogens is 382 g/mol. The molecule has 1 N–H and O–H groups in total. The Morgan fingerprint density at radius 3 is 2.77 bits per heavy atom. The number of likely N-dealkylation sites (tertiary alicyclic amines) is 1. The fourth-order valence-corrected chi connectivity index (χ4v) is 4.53. The van der Waals surface area contributed by atoms with Crippen molar-refractivity contribution in [1.82, 2.24) is 15.2 Å². The number of hydrogen-bond donors (Lipinski definition) is 1. The molecule has 2 saturated heterocycles. The van der Waals surface area contributed by atoms with Crippen LogP contribution in [0.25, 0.3) is 11.0 Å². The number of benzene rings is 1. The van der Waals surface area contributed by atoms with E-state index in [2.05, 4.69) is 10.3 Å². The predicted octanol–water partition coefficient (Wildman–Crippen LogP) is 2.65. The summed E-state index contributed by atoms with van der Waals surface area (Å²) in [5.41, 5.74) is 2.18. The van der Waals surface area contributed by atoms with Gasteiger partial charge in [0.05, 0.1) is 12.7 Å². The summed E-state index contributed by atoms with van der Waals surface area (Å²) >= 11 is 0. The van der Waals surface area contributed by atoms with Gasteiger partial charge >= 0.3 is 0 Å². The first-order valence-electron chi connectivity index (χ1n) is 10.2. The lowest BCUT2D eigenvalue weighted by molar-refractivity contribution is 0.0650. The van der Waals surface area contributed by atoms with Crippen LogP contribution in [-0.4, -0.2) is 54.0 Å². The molecule has 2 fully saturated rings. The number of carbonyl (C=O) groups is 2. The highest BCUT2D eigenvalue weighted by Gasteiger charge is 2.46. The standard InChI is InChI=1S/C23H23N3O4/c1-14-17-4-2-3-5-19(17)30-21(14)23(28)26-11-18-16(13-29-20(18)12-26)10-25-22(27)15-6-8-24-9-7-15/h2-9,16,18,20H,10-13H2,1H3,(H,25,27)/t16-,18+,20+/m0/s1. The highest BCUT2D eigenvalue weighted by atomic mass is 16.5. The number of para-hydroxylation sites is 1. The van der Waals surface area contributed by atoms with Crippen LogP contribution in [0.1, 0.15) is 26.5 Å². The van der Waals surface area contributed by atoms with Gasteiger partial charge in [-0.25, -0.2) is 0 Å². The molecule has 0 unspecified atom stereocenters. The first kappa shape index (κ1) is 18.8. The lowest BCUT2D eigenvalue weighted by Crippen LogP contribution is -2.35. The maximum Gasteiger partial charge on any atom is 0.289 e. The Morgan fingerprint density at radius 2 is 1.97 bits per heavy atom. The molecule has 2 aliphatic rings. The van der Waals surface area contributed by atoms with Gasteiger partial charge in [0.1, 0.15) is 5.58 Å². The maximum atomic E-state index is 13.1. The van der Waals surface area contributed by atoms with E-state index in [-0.39, 0.29) is 29.8 Å². The summed E-state index contributed by atoms with van der Waals surface area (Å²) in [6, 6.07) is 11.1. The maximum absolute atomic E-state index is 13.1. The van der Waals surface area contributed by atoms with E-state index >= 15 is 0 Å². The van der Waals surface area contributed by atoms with Crippen molar-refractivity contribution < 1.29 is 18.7 Å². The number of hydrogen-bond acceptors (Lipinski definition) is 5. The summed E-state index contributed by atoms with van der Waals surface area (Å²) in [6.07, 6.45) is 3.20. The lowest BCUT2D eigenvalue weighted by Gasteiger charge is -2.19. The summed E-state index contributed by atoms with van der Waals surface area (Å²) in [7, 11) is 0. The van der Waals surface area contributed by atoms with E-state index in [9.17, 15) is 9.59 Å². The molecule has 30 heavy (non-hydrogen) atoms. The van der Waals surface area contributed by atoms with Gasteiger partial charge in [0.2, 0.25) is 0 Å². The molecule has 0 spiro atoms. The monoisotopic (exact) mass is 405 g/mol. The summed E-state index contributed by atoms with van der Waals surface area (Å²) in [5.74, 6) is 0.566. The third-order valence-corrected chi connectivity index (χ3v) is 6.23. The van der Waals surface area contributed by atoms with Crippen molar-refractivity contribution in [2.24, 2.45) is 11.8 Å². The molecule has 7 nitrogen and oxygen atoms in total. The molecule has 0 saturated carbocycles. The zero-order chi connectivity index (χ0) is 20.7. The number of carbonyl (C=O) groups excluding carboxylic acids is 2. The van der Waals surface area contributed by atoms with Crippen LogP contribution in [-0.2, 0) is 4.74 Å². The van der Waals surface area contributed by atoms with Gasteiger partial charge < -0.3 is 19.4 Å². The van der Waals surface area contributed by atoms with Gasteiger partial charge in [0, 0.05) is 60.4 Å². The van der Waals surface area contributed by atoms with Crippen molar-refractivity contribution in [3.05, 3.63) is 65.7 Å². The quantitative estimate of drug-likeness (QED) is 0.721. The Kier molecular flexibility index (Phi) is 4.75. The van der Waals surface area contributed by atoms with Crippen LogP contribution in [0.3, 0.4) is 0 Å². The number of fused-ring (bicyclic) bond motifs is 2. The second kappa shape index (κ2) is 7.57. The van der Waals surface area contributed by atoms with Crippen molar-refractivity contribution >= 4 is 22.8 Å². The van der Waals surface area contributed by atoms with E-state index in [1.165, 1.54) is 0 Å². The molecule has 154 valence electrons. The highest BCUT2D eigenvalue weighted by molar-refractivity contribution is 5.99. The largest absolute Gasteiger partial charge is 0.451 e. The number of furan rings is 1. The molecule has 3 aromatic rings. The third-order valence-electron chi connectivity index (χ3n) is 6.23. The van der Waals surface area contributed by atoms with Crippen LogP contribution in [0.15, 0.2) is 53.2 Å². The van der Waals surface area contributed by atoms with Crippen LogP contribution < -0.4 is 5.32 Å². The summed E-state index contributed by atoms with van der Waals surface area (Å²) in [4.78, 5) is 31.2. The van der Waals surface area contributed by atoms with Crippen LogP contribution in [0.4, 0.5) is 0 Å². The number of rotatable bonds is 4. The van der Waals surface area contributed by atoms with E-state index in [1.54, 1.807) is 24.5 Å². The van der Waals surface area contributed by atoms with Crippen molar-refractivity contribution in [2.75, 3.05) is 26.2 Å². The van der Waals surface area contributed by atoms with Gasteiger partial charge in [-0.05, 0) is 25.1 Å². The number of pyridine rings is 1. The first-order chi connectivity index (χ1) is 14.6. The van der Waals surface area contributed by atoms with E-state index in [1.807, 2.05) is 36.1 Å². The van der Waals surface area contributed by atoms with Crippen LogP contribution in [0.2, 0.25) is 0 Å². The SMILES string of the molecule is Cc1c(C(=O)N2C[C@@H]3[C@@H](CNC(=O)c4ccncc4)CO[C@@H]3C2)oc2ccccc12. The topological polar surface area (TPSA) is 84.7 Å². The van der Waals surface area contributed by atoms with E-state index in [0.29, 0.717) is 37.6 Å². The molecule has 3 atom stereocenters. The lowest BCUT2D eigenvalue weighted by atomic mass is 9.93. The molecule has 7 heteroatoms. The fraction of sp³-hybridized carbons (Fsp3) is 0.348. The van der Waals surface area contributed by atoms with Crippen molar-refractivity contribution in [3.63, 3.8) is 0 Å². The number of aryl methyl sites for hydroxylation is 1. The van der Waals surface area contributed by atoms with Crippen LogP contribution in [0.5, 0.6) is 0 Å². The number of ether oxygens (including phenoxy) is 1. The van der Waals surface area contributed by atoms with E-state index in [4.69, 9.17) is 9.15 Å². The number of nitrogens with one attached hydrogen (secondary N) is 1. The summed E-state index contributed by atoms with van der Waals surface area (Å²) in [5, 5.41) is 3.95. The molecule has 5 rings (SSSR count). The predicted molar refractivity (Wildman–Crippen MR) is 110 cm³/mol. The first-order valence-corrected chi connectivity index (χ1v) is 10.2. The molecule has 0 radical (unpaired) electrons. The number of nitrogens with zero attached hydrogens (tertiary/aromatic N) is 2. The van der Waals surface area contributed by atoms with Gasteiger partial charge in [-0.3, -0.25) is 14.6 Å². The molecular formula is C23H23N3O4. The highest BCUT2D eigenvalue weighted by Crippen LogP contribution is 2.35. The molecule has 4 heterocycles. The van der Waals surface area contributed by atoms with Crippen molar-refractivity contribution in [1.29, 1.82) is 0 Å². The van der Waals surface area contributed by atoms with Gasteiger partial charge in [-0.15, -0.1) is 0 Å². The zero-order valence-electron chi connectivity index (χ0n) is 16.7. The Balaban J connectivity index is 1.25. The Morgan fingerprint density at radius 1 is 1.17 bits per heavy atom. The second-order valence-electron chi connectivity index (χ2n) is 8.00. The van der Waals surface area contributed by atoms with Gasteiger partial charge in [-0.1, -0.05) is 18.2 Å². The van der Waals surface area contributed by atoms with Crippen molar-refractivity contribution in [2.45, 2.75) is 13.0 Å². The minimum atomic E-state index is -0.121. The minimum Gasteiger partial charge on any atom is -0.451 e. The van der Waals surface area contributed by atoms with Gasteiger partial charge in [0.15, 0.2) is 5.76 Å². The Labute approximate surface area is 174 Å². The molecule has 0 aliphatic carbocycles. The Bertz CT molecular complexity index is 1090. The van der Waals surface area contributed by atoms with Crippen LogP contribution >= 0.6 is 0 Å². The molecule has 1 aromatic carbocycles. The minimum absolute atomic E-state index is 0.00135. The second-order valence-corrected chi connectivity index (χ2v) is 8.00.